The van der Waals surface area contributed by atoms with E-state index in [1.807, 2.05) is 30.3 Å². The normalized spacial score (nSPS) is 16.4. The van der Waals surface area contributed by atoms with Crippen LogP contribution in [0.3, 0.4) is 0 Å². The average molecular weight is 576 g/mol. The van der Waals surface area contributed by atoms with E-state index in [0.29, 0.717) is 32.0 Å². The Bertz CT molecular complexity index is 1550. The van der Waals surface area contributed by atoms with E-state index in [0.717, 1.165) is 5.56 Å². The number of aliphatic hydroxyl groups is 1. The minimum atomic E-state index is -0.951. The van der Waals surface area contributed by atoms with Crippen molar-refractivity contribution < 1.29 is 19.4 Å². The summed E-state index contributed by atoms with van der Waals surface area (Å²) in [6.45, 7) is 3.96. The van der Waals surface area contributed by atoms with Crippen molar-refractivity contribution in [2.24, 2.45) is 0 Å². The second-order valence-corrected chi connectivity index (χ2v) is 11.1. The van der Waals surface area contributed by atoms with Crippen molar-refractivity contribution in [3.05, 3.63) is 119 Å². The van der Waals surface area contributed by atoms with E-state index < -0.39 is 17.7 Å². The number of hydrogen-bond donors (Lipinski definition) is 1. The van der Waals surface area contributed by atoms with Crippen LogP contribution in [0.4, 0.5) is 5.13 Å². The number of aromatic nitrogens is 2. The van der Waals surface area contributed by atoms with Gasteiger partial charge >= 0.3 is 5.91 Å². The number of nitrogens with zero attached hydrogens (tertiary/aromatic N) is 3. The lowest BCUT2D eigenvalue weighted by atomic mass is 9.95. The molecule has 1 aromatic heterocycles. The number of aliphatic hydroxyl groups excluding tert-OH is 1. The first-order chi connectivity index (χ1) is 19.0. The van der Waals surface area contributed by atoms with Crippen LogP contribution in [-0.4, -0.2) is 33.6 Å². The van der Waals surface area contributed by atoms with E-state index in [9.17, 15) is 14.7 Å². The zero-order chi connectivity index (χ0) is 27.4. The molecule has 1 amide bonds. The fourth-order valence-corrected chi connectivity index (χ4v) is 6.06. The molecule has 1 unspecified atom stereocenters. The van der Waals surface area contributed by atoms with Gasteiger partial charge in [-0.3, -0.25) is 14.5 Å². The van der Waals surface area contributed by atoms with E-state index in [1.54, 1.807) is 54.6 Å². The number of anilines is 1. The fourth-order valence-electron chi connectivity index (χ4n) is 4.12. The van der Waals surface area contributed by atoms with Crippen LogP contribution in [0.25, 0.3) is 5.76 Å². The third-order valence-electron chi connectivity index (χ3n) is 5.91. The largest absolute Gasteiger partial charge is 0.507 e. The van der Waals surface area contributed by atoms with Crippen LogP contribution < -0.4 is 9.64 Å². The van der Waals surface area contributed by atoms with Gasteiger partial charge in [0.15, 0.2) is 4.34 Å². The smallest absolute Gasteiger partial charge is 0.301 e. The van der Waals surface area contributed by atoms with Gasteiger partial charge in [-0.2, -0.15) is 0 Å². The maximum absolute atomic E-state index is 13.4. The molecule has 39 heavy (non-hydrogen) atoms. The molecule has 2 heterocycles. The highest BCUT2D eigenvalue weighted by molar-refractivity contribution is 8.00. The highest BCUT2D eigenvalue weighted by Crippen LogP contribution is 2.44. The summed E-state index contributed by atoms with van der Waals surface area (Å²) in [4.78, 5) is 28.1. The summed E-state index contributed by atoms with van der Waals surface area (Å²) in [6.07, 6.45) is 1.62. The van der Waals surface area contributed by atoms with Crippen LogP contribution in [0.2, 0.25) is 5.02 Å². The Hall–Kier alpha value is -3.92. The Morgan fingerprint density at radius 2 is 1.85 bits per heavy atom. The highest BCUT2D eigenvalue weighted by Gasteiger charge is 2.48. The van der Waals surface area contributed by atoms with Crippen LogP contribution >= 0.6 is 34.7 Å². The quantitative estimate of drug-likeness (QED) is 0.0594. The molecule has 1 saturated heterocycles. The van der Waals surface area contributed by atoms with E-state index in [1.165, 1.54) is 28.0 Å². The topological polar surface area (TPSA) is 92.6 Å². The molecule has 0 radical (unpaired) electrons. The number of carbonyl (C=O) groups excluding carboxylic acids is 2. The molecule has 0 aliphatic carbocycles. The number of ether oxygens (including phenoxy) is 1. The van der Waals surface area contributed by atoms with Gasteiger partial charge in [-0.05, 0) is 47.5 Å². The number of carbonyl (C=O) groups is 2. The minimum absolute atomic E-state index is 0.0584. The Kier molecular flexibility index (Phi) is 8.11. The van der Waals surface area contributed by atoms with Crippen LogP contribution in [0.15, 0.2) is 101 Å². The first-order valence-electron chi connectivity index (χ1n) is 11.9. The molecule has 1 atom stereocenters. The summed E-state index contributed by atoms with van der Waals surface area (Å²) in [5.41, 5.74) is 1.99. The number of ketones is 1. The molecule has 0 saturated carbocycles. The summed E-state index contributed by atoms with van der Waals surface area (Å²) in [6, 6.07) is 22.4. The van der Waals surface area contributed by atoms with Crippen molar-refractivity contribution in [2.75, 3.05) is 11.5 Å². The molecule has 196 valence electrons. The molecule has 7 nitrogen and oxygen atoms in total. The molecule has 3 aromatic carbocycles. The number of halogens is 1. The summed E-state index contributed by atoms with van der Waals surface area (Å²) >= 11 is 8.72. The molecule has 1 aliphatic heterocycles. The maximum atomic E-state index is 13.4. The molecule has 10 heteroatoms. The van der Waals surface area contributed by atoms with Crippen molar-refractivity contribution >= 4 is 57.3 Å². The SMILES string of the molecule is C=CCOc1cccc(C2/C(=C(\O)c3ccc(Cl)cc3)C(=O)C(=O)N2c2nnc(SCc3ccccc3)s2)c1. The number of benzene rings is 3. The van der Waals surface area contributed by atoms with Crippen LogP contribution in [0.5, 0.6) is 5.75 Å². The number of hydrogen-bond acceptors (Lipinski definition) is 8. The number of thioether (sulfide) groups is 1. The van der Waals surface area contributed by atoms with Gasteiger partial charge in [-0.15, -0.1) is 10.2 Å². The molecular formula is C29H22ClN3O4S2. The fraction of sp³-hybridized carbons (Fsp3) is 0.103. The van der Waals surface area contributed by atoms with Gasteiger partial charge in [0.1, 0.15) is 18.1 Å². The number of rotatable bonds is 9. The van der Waals surface area contributed by atoms with Gasteiger partial charge in [-0.25, -0.2) is 0 Å². The van der Waals surface area contributed by atoms with E-state index in [4.69, 9.17) is 16.3 Å². The standard InChI is InChI=1S/C29H22ClN3O4S2/c1-2-15-37-22-10-6-9-20(16-22)24-23(25(34)19-11-13-21(30)14-12-19)26(35)27(36)33(24)28-31-32-29(39-28)38-17-18-7-4-3-5-8-18/h2-14,16,24,34H,1,15,17H2/b25-23+. The predicted molar refractivity (Wildman–Crippen MR) is 154 cm³/mol. The lowest BCUT2D eigenvalue weighted by Gasteiger charge is -2.23. The number of amides is 1. The van der Waals surface area contributed by atoms with Crippen molar-refractivity contribution in [3.63, 3.8) is 0 Å². The zero-order valence-electron chi connectivity index (χ0n) is 20.5. The van der Waals surface area contributed by atoms with Crippen molar-refractivity contribution in [1.29, 1.82) is 0 Å². The summed E-state index contributed by atoms with van der Waals surface area (Å²) in [5, 5.41) is 20.5. The van der Waals surface area contributed by atoms with Crippen molar-refractivity contribution in [3.8, 4) is 5.75 Å². The first-order valence-corrected chi connectivity index (χ1v) is 14.0. The predicted octanol–water partition coefficient (Wildman–Crippen LogP) is 6.67. The third-order valence-corrected chi connectivity index (χ3v) is 8.29. The molecule has 1 aliphatic rings. The molecule has 0 spiro atoms. The summed E-state index contributed by atoms with van der Waals surface area (Å²) in [7, 11) is 0. The molecule has 0 bridgehead atoms. The van der Waals surface area contributed by atoms with Crippen molar-refractivity contribution in [2.45, 2.75) is 16.1 Å². The van der Waals surface area contributed by atoms with Crippen LogP contribution in [-0.2, 0) is 15.3 Å². The maximum Gasteiger partial charge on any atom is 0.301 e. The van der Waals surface area contributed by atoms with E-state index in [-0.39, 0.29) is 23.1 Å². The molecule has 5 rings (SSSR count). The summed E-state index contributed by atoms with van der Waals surface area (Å²) < 4.78 is 6.34. The molecule has 1 N–H and O–H groups in total. The second kappa shape index (κ2) is 11.9. The summed E-state index contributed by atoms with van der Waals surface area (Å²) in [5.74, 6) is -0.724. The highest BCUT2D eigenvalue weighted by atomic mass is 35.5. The third kappa shape index (κ3) is 5.75. The Morgan fingerprint density at radius 3 is 2.59 bits per heavy atom. The van der Waals surface area contributed by atoms with Gasteiger partial charge in [0.25, 0.3) is 5.78 Å². The monoisotopic (exact) mass is 575 g/mol. The van der Waals surface area contributed by atoms with E-state index in [2.05, 4.69) is 16.8 Å². The Balaban J connectivity index is 1.56. The molecule has 1 fully saturated rings. The Morgan fingerprint density at radius 1 is 1.08 bits per heavy atom. The zero-order valence-corrected chi connectivity index (χ0v) is 22.9. The van der Waals surface area contributed by atoms with Crippen LogP contribution in [0.1, 0.15) is 22.7 Å². The van der Waals surface area contributed by atoms with Gasteiger partial charge in [0.2, 0.25) is 5.13 Å². The van der Waals surface area contributed by atoms with Crippen LogP contribution in [0, 0.1) is 0 Å². The lowest BCUT2D eigenvalue weighted by molar-refractivity contribution is -0.132. The minimum Gasteiger partial charge on any atom is -0.507 e. The van der Waals surface area contributed by atoms with Crippen molar-refractivity contribution in [1.82, 2.24) is 10.2 Å². The second-order valence-electron chi connectivity index (χ2n) is 8.47. The first kappa shape index (κ1) is 26.7. The molecular weight excluding hydrogens is 554 g/mol. The van der Waals surface area contributed by atoms with Gasteiger partial charge in [0, 0.05) is 16.3 Å². The Labute approximate surface area is 238 Å². The number of Topliss-reactive ketones (excluding diaryl/α,β-unsaturated/α-hetero) is 1. The van der Waals surface area contributed by atoms with E-state index >= 15 is 0 Å². The average Bonchev–Trinajstić information content (AvgIpc) is 3.53. The van der Waals surface area contributed by atoms with Gasteiger partial charge < -0.3 is 9.84 Å². The molecule has 4 aromatic rings. The lowest BCUT2D eigenvalue weighted by Crippen LogP contribution is -2.29. The van der Waals surface area contributed by atoms with Gasteiger partial charge in [0.05, 0.1) is 11.6 Å². The van der Waals surface area contributed by atoms with Gasteiger partial charge in [-0.1, -0.05) is 89.8 Å².